The predicted molar refractivity (Wildman–Crippen MR) is 94.2 cm³/mol. The van der Waals surface area contributed by atoms with Gasteiger partial charge in [-0.05, 0) is 39.3 Å². The molecule has 1 unspecified atom stereocenters. The summed E-state index contributed by atoms with van der Waals surface area (Å²) in [5, 5.41) is 1.38. The molecule has 0 aliphatic carbocycles. The predicted octanol–water partition coefficient (Wildman–Crippen LogP) is 4.25. The van der Waals surface area contributed by atoms with Gasteiger partial charge in [-0.1, -0.05) is 30.0 Å². The topological polar surface area (TPSA) is 58.6 Å². The number of hydrogen-bond donors (Lipinski definition) is 1. The van der Waals surface area contributed by atoms with E-state index in [-0.39, 0.29) is 11.0 Å². The van der Waals surface area contributed by atoms with Gasteiger partial charge in [0.2, 0.25) is 0 Å². The molecular weight excluding hydrogens is 306 g/mol. The Morgan fingerprint density at radius 3 is 2.48 bits per heavy atom. The van der Waals surface area contributed by atoms with E-state index in [0.29, 0.717) is 5.16 Å². The van der Waals surface area contributed by atoms with E-state index in [0.717, 1.165) is 33.4 Å². The Hall–Kier alpha value is -2.14. The summed E-state index contributed by atoms with van der Waals surface area (Å²) in [5.41, 5.74) is 4.73. The molecular formula is C18H19N3OS. The summed E-state index contributed by atoms with van der Waals surface area (Å²) in [4.78, 5) is 24.9. The van der Waals surface area contributed by atoms with Crippen molar-refractivity contribution in [2.45, 2.75) is 38.1 Å². The first-order valence-electron chi connectivity index (χ1n) is 7.56. The van der Waals surface area contributed by atoms with Crippen LogP contribution in [-0.4, -0.2) is 26.0 Å². The van der Waals surface area contributed by atoms with Gasteiger partial charge in [0.25, 0.3) is 0 Å². The second-order valence-corrected chi connectivity index (χ2v) is 6.98. The van der Waals surface area contributed by atoms with Crippen LogP contribution in [0.1, 0.15) is 34.2 Å². The van der Waals surface area contributed by atoms with Crippen LogP contribution in [0.5, 0.6) is 0 Å². The highest BCUT2D eigenvalue weighted by Crippen LogP contribution is 2.27. The van der Waals surface area contributed by atoms with Gasteiger partial charge in [0.15, 0.2) is 10.9 Å². The molecule has 5 heteroatoms. The third kappa shape index (κ3) is 3.01. The number of aromatic amines is 1. The fourth-order valence-electron chi connectivity index (χ4n) is 2.50. The molecule has 118 valence electrons. The van der Waals surface area contributed by atoms with Crippen molar-refractivity contribution in [1.82, 2.24) is 15.0 Å². The molecule has 0 bridgehead atoms. The van der Waals surface area contributed by atoms with Gasteiger partial charge in [0.1, 0.15) is 0 Å². The first kappa shape index (κ1) is 15.7. The van der Waals surface area contributed by atoms with Crippen LogP contribution in [0.25, 0.3) is 10.9 Å². The van der Waals surface area contributed by atoms with Crippen LogP contribution in [0, 0.1) is 20.8 Å². The largest absolute Gasteiger partial charge is 0.360 e. The molecule has 4 nitrogen and oxygen atoms in total. The van der Waals surface area contributed by atoms with Crippen LogP contribution in [0.3, 0.4) is 0 Å². The van der Waals surface area contributed by atoms with Crippen molar-refractivity contribution in [3.8, 4) is 0 Å². The summed E-state index contributed by atoms with van der Waals surface area (Å²) in [7, 11) is 0. The number of H-pyrrole nitrogens is 1. The number of aromatic nitrogens is 3. The van der Waals surface area contributed by atoms with Crippen LogP contribution in [-0.2, 0) is 0 Å². The molecule has 0 fully saturated rings. The molecule has 0 radical (unpaired) electrons. The van der Waals surface area contributed by atoms with E-state index < -0.39 is 0 Å². The molecule has 2 heterocycles. The molecule has 0 saturated carbocycles. The Kier molecular flexibility index (Phi) is 4.22. The number of carbonyl (C=O) groups excluding carboxylic acids is 1. The van der Waals surface area contributed by atoms with E-state index >= 15 is 0 Å². The van der Waals surface area contributed by atoms with Crippen molar-refractivity contribution in [2.75, 3.05) is 0 Å². The number of nitrogens with one attached hydrogen (secondary N) is 1. The summed E-state index contributed by atoms with van der Waals surface area (Å²) in [6.45, 7) is 7.86. The quantitative estimate of drug-likeness (QED) is 0.443. The zero-order chi connectivity index (χ0) is 16.6. The highest BCUT2D eigenvalue weighted by atomic mass is 32.2. The summed E-state index contributed by atoms with van der Waals surface area (Å²) < 4.78 is 0. The molecule has 1 atom stereocenters. The van der Waals surface area contributed by atoms with Gasteiger partial charge in [-0.25, -0.2) is 9.97 Å². The number of benzene rings is 1. The van der Waals surface area contributed by atoms with E-state index in [9.17, 15) is 4.79 Å². The van der Waals surface area contributed by atoms with Crippen molar-refractivity contribution in [1.29, 1.82) is 0 Å². The number of thioether (sulfide) groups is 1. The second kappa shape index (κ2) is 6.16. The zero-order valence-corrected chi connectivity index (χ0v) is 14.5. The van der Waals surface area contributed by atoms with E-state index in [1.165, 1.54) is 11.8 Å². The van der Waals surface area contributed by atoms with Gasteiger partial charge in [-0.3, -0.25) is 4.79 Å². The molecule has 0 saturated heterocycles. The number of ketones is 1. The summed E-state index contributed by atoms with van der Waals surface area (Å²) >= 11 is 1.41. The van der Waals surface area contributed by atoms with Crippen LogP contribution < -0.4 is 0 Å². The van der Waals surface area contributed by atoms with E-state index in [2.05, 4.69) is 15.0 Å². The van der Waals surface area contributed by atoms with Gasteiger partial charge >= 0.3 is 0 Å². The number of hydrogen-bond acceptors (Lipinski definition) is 4. The van der Waals surface area contributed by atoms with Gasteiger partial charge in [0, 0.05) is 34.1 Å². The lowest BCUT2D eigenvalue weighted by atomic mass is 10.1. The Morgan fingerprint density at radius 1 is 1.13 bits per heavy atom. The van der Waals surface area contributed by atoms with E-state index in [1.54, 1.807) is 6.20 Å². The number of Topliss-reactive ketones (excluding diaryl/α,β-unsaturated/α-hetero) is 1. The normalized spacial score (nSPS) is 12.5. The maximum atomic E-state index is 12.8. The fourth-order valence-corrected chi connectivity index (χ4v) is 3.43. The maximum absolute atomic E-state index is 12.8. The van der Waals surface area contributed by atoms with Gasteiger partial charge < -0.3 is 4.98 Å². The van der Waals surface area contributed by atoms with Gasteiger partial charge in [-0.15, -0.1) is 0 Å². The van der Waals surface area contributed by atoms with Crippen LogP contribution in [0.4, 0.5) is 0 Å². The molecule has 2 aromatic heterocycles. The Bertz CT molecular complexity index is 862. The average Bonchev–Trinajstić information content (AvgIpc) is 2.95. The third-order valence-electron chi connectivity index (χ3n) is 4.12. The highest BCUT2D eigenvalue weighted by molar-refractivity contribution is 8.00. The summed E-state index contributed by atoms with van der Waals surface area (Å²) in [6.07, 6.45) is 1.79. The standard InChI is InChI=1S/C18H19N3OS/c1-10-11(2)20-18(21-12(10)3)23-13(4)17(22)15-9-19-16-8-6-5-7-14(15)16/h5-9,13,19H,1-4H3. The average molecular weight is 325 g/mol. The number of para-hydroxylation sites is 1. The number of carbonyl (C=O) groups is 1. The molecule has 0 aliphatic rings. The lowest BCUT2D eigenvalue weighted by Crippen LogP contribution is -2.14. The molecule has 0 aliphatic heterocycles. The molecule has 0 amide bonds. The number of fused-ring (bicyclic) bond motifs is 1. The number of aryl methyl sites for hydroxylation is 2. The molecule has 1 aromatic carbocycles. The molecule has 0 spiro atoms. The van der Waals surface area contributed by atoms with Gasteiger partial charge in [0.05, 0.1) is 5.25 Å². The molecule has 3 rings (SSSR count). The first-order valence-corrected chi connectivity index (χ1v) is 8.44. The van der Waals surface area contributed by atoms with Crippen molar-refractivity contribution >= 4 is 28.4 Å². The molecule has 23 heavy (non-hydrogen) atoms. The Labute approximate surface area is 139 Å². The lowest BCUT2D eigenvalue weighted by Gasteiger charge is -2.11. The number of nitrogens with zero attached hydrogens (tertiary/aromatic N) is 2. The second-order valence-electron chi connectivity index (χ2n) is 5.67. The lowest BCUT2D eigenvalue weighted by molar-refractivity contribution is 0.0995. The summed E-state index contributed by atoms with van der Waals surface area (Å²) in [5.74, 6) is 0.0898. The smallest absolute Gasteiger partial charge is 0.188 e. The SMILES string of the molecule is Cc1nc(SC(C)C(=O)c2c[nH]c3ccccc23)nc(C)c1C. The Morgan fingerprint density at radius 2 is 1.78 bits per heavy atom. The third-order valence-corrected chi connectivity index (χ3v) is 5.08. The minimum atomic E-state index is -0.240. The monoisotopic (exact) mass is 325 g/mol. The fraction of sp³-hybridized carbons (Fsp3) is 0.278. The van der Waals surface area contributed by atoms with Crippen LogP contribution >= 0.6 is 11.8 Å². The molecule has 1 N–H and O–H groups in total. The minimum Gasteiger partial charge on any atom is -0.360 e. The van der Waals surface area contributed by atoms with Crippen LogP contribution in [0.15, 0.2) is 35.6 Å². The maximum Gasteiger partial charge on any atom is 0.188 e. The van der Waals surface area contributed by atoms with Crippen molar-refractivity contribution < 1.29 is 4.79 Å². The highest BCUT2D eigenvalue weighted by Gasteiger charge is 2.21. The minimum absolute atomic E-state index is 0.0898. The van der Waals surface area contributed by atoms with E-state index in [1.807, 2.05) is 52.0 Å². The number of rotatable bonds is 4. The first-order chi connectivity index (χ1) is 11.0. The zero-order valence-electron chi connectivity index (χ0n) is 13.7. The molecule has 3 aromatic rings. The van der Waals surface area contributed by atoms with Crippen molar-refractivity contribution in [3.63, 3.8) is 0 Å². The Balaban J connectivity index is 1.86. The van der Waals surface area contributed by atoms with E-state index in [4.69, 9.17) is 0 Å². The van der Waals surface area contributed by atoms with Crippen molar-refractivity contribution in [2.24, 2.45) is 0 Å². The van der Waals surface area contributed by atoms with Crippen molar-refractivity contribution in [3.05, 3.63) is 53.0 Å². The summed E-state index contributed by atoms with van der Waals surface area (Å²) in [6, 6.07) is 7.84. The van der Waals surface area contributed by atoms with Gasteiger partial charge in [-0.2, -0.15) is 0 Å². The van der Waals surface area contributed by atoms with Crippen LogP contribution in [0.2, 0.25) is 0 Å².